The Hall–Kier alpha value is -4.27. The molecule has 2 amide bonds. The molecule has 0 saturated heterocycles. The lowest BCUT2D eigenvalue weighted by Crippen LogP contribution is -2.54. The zero-order valence-electron chi connectivity index (χ0n) is 26.8. The van der Waals surface area contributed by atoms with Gasteiger partial charge in [-0.15, -0.1) is 0 Å². The van der Waals surface area contributed by atoms with Gasteiger partial charge in [0.2, 0.25) is 11.8 Å². The maximum Gasteiger partial charge on any atom is 0.416 e. The Balaban J connectivity index is 1.42. The van der Waals surface area contributed by atoms with Crippen LogP contribution in [0.5, 0.6) is 0 Å². The predicted molar refractivity (Wildman–Crippen MR) is 173 cm³/mol. The van der Waals surface area contributed by atoms with E-state index in [-0.39, 0.29) is 42.0 Å². The van der Waals surface area contributed by atoms with E-state index in [9.17, 15) is 22.8 Å². The molecule has 1 saturated carbocycles. The van der Waals surface area contributed by atoms with E-state index in [1.54, 1.807) is 26.0 Å². The fourth-order valence-electron chi connectivity index (χ4n) is 6.52. The summed E-state index contributed by atoms with van der Waals surface area (Å²) in [4.78, 5) is 35.0. The van der Waals surface area contributed by atoms with E-state index in [2.05, 4.69) is 37.1 Å². The van der Waals surface area contributed by atoms with Crippen LogP contribution >= 0.6 is 0 Å². The molecule has 1 aliphatic carbocycles. The molecule has 0 spiro atoms. The van der Waals surface area contributed by atoms with Gasteiger partial charge in [-0.05, 0) is 91.6 Å². The number of aryl methyl sites for hydroxylation is 1. The summed E-state index contributed by atoms with van der Waals surface area (Å²) in [7, 11) is 3.85. The van der Waals surface area contributed by atoms with Crippen molar-refractivity contribution in [3.8, 4) is 0 Å². The smallest absolute Gasteiger partial charge is 0.378 e. The Labute approximate surface area is 262 Å². The zero-order valence-corrected chi connectivity index (χ0v) is 26.8. The molecule has 0 bridgehead atoms. The number of rotatable bonds is 9. The number of amides is 2. The van der Waals surface area contributed by atoms with E-state index in [1.807, 2.05) is 49.3 Å². The standard InChI is InChI=1S/C36H41F3N4O2/c1-22-31(27-10-8-9-11-29(27)40-22)32-28(34(32,2)3)20-30(44)43(21-23-12-14-24(15-13-23)36(37,38)39)35(4,5)33(45)41-25-16-18-26(19-17-25)42(6)7/h8-19,28,32,40H,20-21H2,1-7H3,(H,41,45)/t28-,32-/m1/s1. The van der Waals surface area contributed by atoms with Crippen molar-refractivity contribution in [1.29, 1.82) is 0 Å². The lowest BCUT2D eigenvalue weighted by Gasteiger charge is -2.38. The second kappa shape index (κ2) is 11.6. The maximum absolute atomic E-state index is 14.3. The second-order valence-corrected chi connectivity index (χ2v) is 13.4. The molecule has 0 radical (unpaired) electrons. The third kappa shape index (κ3) is 6.30. The third-order valence-electron chi connectivity index (χ3n) is 9.49. The predicted octanol–water partition coefficient (Wildman–Crippen LogP) is 8.14. The van der Waals surface area contributed by atoms with Gasteiger partial charge in [0.15, 0.2) is 0 Å². The van der Waals surface area contributed by atoms with E-state index in [0.717, 1.165) is 34.4 Å². The molecule has 4 aromatic rings. The van der Waals surface area contributed by atoms with Crippen LogP contribution in [-0.2, 0) is 22.3 Å². The van der Waals surface area contributed by atoms with Crippen LogP contribution in [0.15, 0.2) is 72.8 Å². The molecule has 238 valence electrons. The summed E-state index contributed by atoms with van der Waals surface area (Å²) >= 11 is 0. The topological polar surface area (TPSA) is 68.4 Å². The van der Waals surface area contributed by atoms with Crippen molar-refractivity contribution < 1.29 is 22.8 Å². The van der Waals surface area contributed by atoms with Crippen LogP contribution in [0.2, 0.25) is 0 Å². The van der Waals surface area contributed by atoms with Crippen LogP contribution in [0, 0.1) is 18.3 Å². The van der Waals surface area contributed by atoms with E-state index in [1.165, 1.54) is 22.6 Å². The quantitative estimate of drug-likeness (QED) is 0.199. The third-order valence-corrected chi connectivity index (χ3v) is 9.49. The Kier molecular flexibility index (Phi) is 8.27. The largest absolute Gasteiger partial charge is 0.416 e. The lowest BCUT2D eigenvalue weighted by molar-refractivity contribution is -0.145. The van der Waals surface area contributed by atoms with Gasteiger partial charge in [-0.2, -0.15) is 13.2 Å². The summed E-state index contributed by atoms with van der Waals surface area (Å²) in [5, 5.41) is 4.08. The molecule has 3 aromatic carbocycles. The number of nitrogens with zero attached hydrogens (tertiary/aromatic N) is 2. The lowest BCUT2D eigenvalue weighted by atomic mass is 9.97. The molecule has 5 rings (SSSR count). The molecule has 45 heavy (non-hydrogen) atoms. The molecule has 6 nitrogen and oxygen atoms in total. The van der Waals surface area contributed by atoms with Gasteiger partial charge in [-0.1, -0.05) is 44.2 Å². The van der Waals surface area contributed by atoms with Crippen molar-refractivity contribution in [1.82, 2.24) is 9.88 Å². The van der Waals surface area contributed by atoms with E-state index >= 15 is 0 Å². The number of para-hydroxylation sites is 1. The van der Waals surface area contributed by atoms with Crippen LogP contribution in [0.25, 0.3) is 10.9 Å². The van der Waals surface area contributed by atoms with Crippen molar-refractivity contribution in [3.05, 3.63) is 95.2 Å². The Bertz CT molecular complexity index is 1700. The number of hydrogen-bond acceptors (Lipinski definition) is 3. The number of carbonyl (C=O) groups is 2. The summed E-state index contributed by atoms with van der Waals surface area (Å²) in [5.41, 5.74) is 3.16. The van der Waals surface area contributed by atoms with Gasteiger partial charge in [0, 0.05) is 55.0 Å². The highest BCUT2D eigenvalue weighted by atomic mass is 19.4. The number of hydrogen-bond donors (Lipinski definition) is 2. The highest BCUT2D eigenvalue weighted by Crippen LogP contribution is 2.67. The van der Waals surface area contributed by atoms with Gasteiger partial charge in [-0.25, -0.2) is 0 Å². The van der Waals surface area contributed by atoms with Crippen LogP contribution in [0.3, 0.4) is 0 Å². The van der Waals surface area contributed by atoms with Crippen LogP contribution < -0.4 is 10.2 Å². The van der Waals surface area contributed by atoms with Crippen LogP contribution in [-0.4, -0.2) is 41.3 Å². The first-order chi connectivity index (χ1) is 21.0. The van der Waals surface area contributed by atoms with Gasteiger partial charge >= 0.3 is 6.18 Å². The summed E-state index contributed by atoms with van der Waals surface area (Å²) in [6.45, 7) is 9.72. The number of carbonyl (C=O) groups excluding carboxylic acids is 2. The molecule has 2 N–H and O–H groups in total. The molecule has 1 aliphatic rings. The SMILES string of the molecule is Cc1[nH]c2ccccc2c1[C@H]1[C@@H](CC(=O)N(Cc2ccc(C(F)(F)F)cc2)C(C)(C)C(=O)Nc2ccc(N(C)C)cc2)C1(C)C. The number of H-pyrrole nitrogens is 1. The minimum atomic E-state index is -4.47. The highest BCUT2D eigenvalue weighted by Gasteiger charge is 2.60. The van der Waals surface area contributed by atoms with E-state index in [0.29, 0.717) is 11.3 Å². The minimum Gasteiger partial charge on any atom is -0.378 e. The number of benzene rings is 3. The van der Waals surface area contributed by atoms with Crippen molar-refractivity contribution >= 4 is 34.1 Å². The van der Waals surface area contributed by atoms with Crippen LogP contribution in [0.1, 0.15) is 62.4 Å². The summed E-state index contributed by atoms with van der Waals surface area (Å²) in [5.74, 6) is -0.455. The summed E-state index contributed by atoms with van der Waals surface area (Å²) in [6.07, 6.45) is -4.27. The molecular formula is C36H41F3N4O2. The molecule has 0 aliphatic heterocycles. The minimum absolute atomic E-state index is 0.0130. The Morgan fingerprint density at radius 3 is 2.16 bits per heavy atom. The number of aromatic amines is 1. The maximum atomic E-state index is 14.3. The van der Waals surface area contributed by atoms with Gasteiger partial charge in [0.25, 0.3) is 0 Å². The highest BCUT2D eigenvalue weighted by molar-refractivity contribution is 6.00. The van der Waals surface area contributed by atoms with Gasteiger partial charge in [0.1, 0.15) is 5.54 Å². The number of anilines is 2. The fraction of sp³-hybridized carbons (Fsp3) is 0.389. The fourth-order valence-corrected chi connectivity index (χ4v) is 6.52. The number of halogens is 3. The van der Waals surface area contributed by atoms with E-state index < -0.39 is 17.3 Å². The molecule has 2 atom stereocenters. The number of alkyl halides is 3. The molecule has 1 heterocycles. The first-order valence-corrected chi connectivity index (χ1v) is 15.1. The average Bonchev–Trinajstić information content (AvgIpc) is 3.32. The van der Waals surface area contributed by atoms with Gasteiger partial charge in [0.05, 0.1) is 5.56 Å². The monoisotopic (exact) mass is 618 g/mol. The molecule has 0 unspecified atom stereocenters. The van der Waals surface area contributed by atoms with Crippen molar-refractivity contribution in [2.24, 2.45) is 11.3 Å². The van der Waals surface area contributed by atoms with Gasteiger partial charge in [-0.3, -0.25) is 9.59 Å². The number of fused-ring (bicyclic) bond motifs is 1. The number of aromatic nitrogens is 1. The van der Waals surface area contributed by atoms with E-state index in [4.69, 9.17) is 0 Å². The Morgan fingerprint density at radius 1 is 0.933 bits per heavy atom. The first kappa shape index (κ1) is 32.1. The molecule has 1 fully saturated rings. The molecule has 9 heteroatoms. The van der Waals surface area contributed by atoms with Crippen molar-refractivity contribution in [2.75, 3.05) is 24.3 Å². The second-order valence-electron chi connectivity index (χ2n) is 13.4. The molecular weight excluding hydrogens is 577 g/mol. The average molecular weight is 619 g/mol. The van der Waals surface area contributed by atoms with Crippen molar-refractivity contribution in [2.45, 2.75) is 65.2 Å². The van der Waals surface area contributed by atoms with Crippen molar-refractivity contribution in [3.63, 3.8) is 0 Å². The van der Waals surface area contributed by atoms with Crippen LogP contribution in [0.4, 0.5) is 24.5 Å². The number of nitrogens with one attached hydrogen (secondary N) is 2. The summed E-state index contributed by atoms with van der Waals surface area (Å²) < 4.78 is 39.8. The normalized spacial score (nSPS) is 17.6. The molecule has 1 aromatic heterocycles. The zero-order chi connectivity index (χ0) is 32.9. The Morgan fingerprint density at radius 2 is 1.56 bits per heavy atom. The van der Waals surface area contributed by atoms with Gasteiger partial charge < -0.3 is 20.1 Å². The summed E-state index contributed by atoms with van der Waals surface area (Å²) in [6, 6.07) is 20.3. The first-order valence-electron chi connectivity index (χ1n) is 15.1.